The van der Waals surface area contributed by atoms with E-state index in [1.165, 1.54) is 11.3 Å². The molecule has 1 aliphatic heterocycles. The lowest BCUT2D eigenvalue weighted by Crippen LogP contribution is -2.40. The second-order valence-electron chi connectivity index (χ2n) is 10.3. The van der Waals surface area contributed by atoms with Crippen LogP contribution in [-0.4, -0.2) is 62.2 Å². The van der Waals surface area contributed by atoms with Crippen molar-refractivity contribution in [1.82, 2.24) is 15.3 Å². The van der Waals surface area contributed by atoms with E-state index in [4.69, 9.17) is 19.2 Å². The number of pyridine rings is 1. The van der Waals surface area contributed by atoms with Gasteiger partial charge in [0.05, 0.1) is 47.4 Å². The van der Waals surface area contributed by atoms with Crippen LogP contribution in [0.15, 0.2) is 47.6 Å². The van der Waals surface area contributed by atoms with Gasteiger partial charge in [0.1, 0.15) is 16.8 Å². The van der Waals surface area contributed by atoms with Crippen LogP contribution in [0.3, 0.4) is 0 Å². The molecule has 3 heterocycles. The second kappa shape index (κ2) is 12.1. The molecule has 10 nitrogen and oxygen atoms in total. The summed E-state index contributed by atoms with van der Waals surface area (Å²) in [4.78, 5) is 22.0. The molecule has 0 atom stereocenters. The Kier molecular flexibility index (Phi) is 8.57. The molecule has 3 aromatic rings. The molecule has 2 N–H and O–H groups in total. The Bertz CT molecular complexity index is 1430. The van der Waals surface area contributed by atoms with Gasteiger partial charge in [0.25, 0.3) is 0 Å². The number of nitrogens with zero attached hydrogens (tertiary/aromatic N) is 2. The van der Waals surface area contributed by atoms with Crippen LogP contribution in [-0.2, 0) is 19.3 Å². The summed E-state index contributed by atoms with van der Waals surface area (Å²) in [5.41, 5.74) is 1.25. The molecule has 2 aliphatic rings. The number of aromatic nitrogens is 2. The first kappa shape index (κ1) is 28.3. The standard InChI is InChI=1S/C28H34N4O6S2/c1-17(2)38-28(33)32-19-6-4-18(5-7-19)27-30-14-24(39-27)23-10-8-20(31-26-11-9-21(36-3)13-29-26)12-25(23)40(34,35)22-15-37-16-22/h8-14,17-19,22H,4-7,15-16H2,1-3H3,(H,29,31)(H,32,33). The number of carbonyl (C=O) groups excluding carboxylic acids is 1. The van der Waals surface area contributed by atoms with Crippen LogP contribution in [0.1, 0.15) is 50.5 Å². The molecule has 0 radical (unpaired) electrons. The molecule has 214 valence electrons. The fourth-order valence-corrected chi connectivity index (χ4v) is 7.71. The molecule has 1 amide bonds. The molecule has 1 aliphatic carbocycles. The quantitative estimate of drug-likeness (QED) is 0.344. The van der Waals surface area contributed by atoms with Crippen LogP contribution in [0.5, 0.6) is 5.75 Å². The fraction of sp³-hybridized carbons (Fsp3) is 0.464. The molecule has 0 bridgehead atoms. The van der Waals surface area contributed by atoms with E-state index in [9.17, 15) is 13.2 Å². The first-order valence-electron chi connectivity index (χ1n) is 13.4. The monoisotopic (exact) mass is 586 g/mol. The van der Waals surface area contributed by atoms with Gasteiger partial charge in [-0.1, -0.05) is 6.07 Å². The number of benzene rings is 1. The number of nitrogens with one attached hydrogen (secondary N) is 2. The maximum Gasteiger partial charge on any atom is 0.407 e. The van der Waals surface area contributed by atoms with E-state index in [0.29, 0.717) is 22.8 Å². The van der Waals surface area contributed by atoms with E-state index in [1.807, 2.05) is 26.0 Å². The minimum absolute atomic E-state index is 0.0867. The minimum atomic E-state index is -3.63. The Hall–Kier alpha value is -3.22. The van der Waals surface area contributed by atoms with Gasteiger partial charge in [0, 0.05) is 29.4 Å². The molecule has 0 unspecified atom stereocenters. The number of hydrogen-bond donors (Lipinski definition) is 2. The number of methoxy groups -OCH3 is 1. The summed E-state index contributed by atoms with van der Waals surface area (Å²) in [7, 11) is -2.06. The number of ether oxygens (including phenoxy) is 3. The fourth-order valence-electron chi connectivity index (χ4n) is 4.84. The Morgan fingerprint density at radius 3 is 2.48 bits per heavy atom. The Morgan fingerprint density at radius 2 is 1.85 bits per heavy atom. The molecule has 12 heteroatoms. The van der Waals surface area contributed by atoms with Gasteiger partial charge in [0.15, 0.2) is 9.84 Å². The molecule has 1 saturated carbocycles. The number of thiazole rings is 1. The van der Waals surface area contributed by atoms with Crippen LogP contribution in [0.2, 0.25) is 0 Å². The van der Waals surface area contributed by atoms with Gasteiger partial charge < -0.3 is 24.8 Å². The van der Waals surface area contributed by atoms with E-state index in [0.717, 1.165) is 35.6 Å². The molecular weight excluding hydrogens is 552 g/mol. The largest absolute Gasteiger partial charge is 0.495 e. The van der Waals surface area contributed by atoms with Crippen molar-refractivity contribution in [3.8, 4) is 16.2 Å². The summed E-state index contributed by atoms with van der Waals surface area (Å²) in [6.07, 6.45) is 6.31. The Morgan fingerprint density at radius 1 is 1.07 bits per heavy atom. The smallest absolute Gasteiger partial charge is 0.407 e. The topological polar surface area (TPSA) is 129 Å². The van der Waals surface area contributed by atoms with Gasteiger partial charge in [0.2, 0.25) is 0 Å². The lowest BCUT2D eigenvalue weighted by atomic mass is 9.86. The molecule has 2 aromatic heterocycles. The Balaban J connectivity index is 1.34. The summed E-state index contributed by atoms with van der Waals surface area (Å²) < 4.78 is 42.8. The van der Waals surface area contributed by atoms with Crippen LogP contribution in [0, 0.1) is 0 Å². The van der Waals surface area contributed by atoms with E-state index in [2.05, 4.69) is 15.6 Å². The molecule has 0 spiro atoms. The number of sulfone groups is 1. The van der Waals surface area contributed by atoms with Crippen molar-refractivity contribution in [2.45, 2.75) is 67.7 Å². The molecule has 40 heavy (non-hydrogen) atoms. The summed E-state index contributed by atoms with van der Waals surface area (Å²) in [6.45, 7) is 4.04. The summed E-state index contributed by atoms with van der Waals surface area (Å²) in [5.74, 6) is 1.47. The van der Waals surface area contributed by atoms with Crippen LogP contribution < -0.4 is 15.4 Å². The summed E-state index contributed by atoms with van der Waals surface area (Å²) in [5, 5.41) is 6.56. The number of alkyl carbamates (subject to hydrolysis) is 1. The Labute approximate surface area is 238 Å². The number of carbonyl (C=O) groups is 1. The molecular formula is C28H34N4O6S2. The highest BCUT2D eigenvalue weighted by Crippen LogP contribution is 2.41. The third kappa shape index (κ3) is 6.39. The summed E-state index contributed by atoms with van der Waals surface area (Å²) in [6, 6.07) is 8.99. The van der Waals surface area contributed by atoms with Gasteiger partial charge in [-0.15, -0.1) is 11.3 Å². The first-order chi connectivity index (χ1) is 19.2. The summed E-state index contributed by atoms with van der Waals surface area (Å²) >= 11 is 1.53. The maximum absolute atomic E-state index is 13.6. The third-order valence-electron chi connectivity index (χ3n) is 7.11. The van der Waals surface area contributed by atoms with Crippen LogP contribution >= 0.6 is 11.3 Å². The number of hydrogen-bond acceptors (Lipinski definition) is 10. The molecule has 2 fully saturated rings. The first-order valence-corrected chi connectivity index (χ1v) is 15.7. The highest BCUT2D eigenvalue weighted by molar-refractivity contribution is 7.92. The van der Waals surface area contributed by atoms with E-state index in [-0.39, 0.29) is 42.3 Å². The van der Waals surface area contributed by atoms with E-state index >= 15 is 0 Å². The lowest BCUT2D eigenvalue weighted by molar-refractivity contribution is 0.0416. The van der Waals surface area contributed by atoms with Crippen molar-refractivity contribution < 1.29 is 27.4 Å². The SMILES string of the molecule is COc1ccc(Nc2ccc(-c3cnc(C4CCC(NC(=O)OC(C)C)CC4)s3)c(S(=O)(=O)C3COC3)c2)nc1. The number of rotatable bonds is 9. The zero-order valence-electron chi connectivity index (χ0n) is 22.8. The highest BCUT2D eigenvalue weighted by Gasteiger charge is 2.36. The van der Waals surface area contributed by atoms with Gasteiger partial charge in [-0.25, -0.2) is 23.2 Å². The second-order valence-corrected chi connectivity index (χ2v) is 13.6. The van der Waals surface area contributed by atoms with Crippen LogP contribution in [0.25, 0.3) is 10.4 Å². The van der Waals surface area contributed by atoms with Crippen molar-refractivity contribution in [3.05, 3.63) is 47.7 Å². The number of anilines is 2. The van der Waals surface area contributed by atoms with Gasteiger partial charge >= 0.3 is 6.09 Å². The van der Waals surface area contributed by atoms with E-state index < -0.39 is 15.1 Å². The van der Waals surface area contributed by atoms with Gasteiger partial charge in [-0.2, -0.15) is 0 Å². The molecule has 1 saturated heterocycles. The van der Waals surface area contributed by atoms with Gasteiger partial charge in [-0.05, 0) is 63.8 Å². The zero-order valence-corrected chi connectivity index (χ0v) is 24.4. The van der Waals surface area contributed by atoms with Crippen LogP contribution in [0.4, 0.5) is 16.3 Å². The average molecular weight is 587 g/mol. The predicted molar refractivity (Wildman–Crippen MR) is 153 cm³/mol. The molecule has 1 aromatic carbocycles. The maximum atomic E-state index is 13.6. The van der Waals surface area contributed by atoms with Crippen molar-refractivity contribution in [2.24, 2.45) is 0 Å². The number of amides is 1. The predicted octanol–water partition coefficient (Wildman–Crippen LogP) is 5.29. The van der Waals surface area contributed by atoms with Crippen molar-refractivity contribution in [2.75, 3.05) is 25.6 Å². The van der Waals surface area contributed by atoms with Crippen molar-refractivity contribution >= 4 is 38.8 Å². The van der Waals surface area contributed by atoms with Crippen molar-refractivity contribution in [1.29, 1.82) is 0 Å². The third-order valence-corrected chi connectivity index (χ3v) is 10.4. The van der Waals surface area contributed by atoms with Crippen molar-refractivity contribution in [3.63, 3.8) is 0 Å². The lowest BCUT2D eigenvalue weighted by Gasteiger charge is -2.28. The average Bonchev–Trinajstić information content (AvgIpc) is 3.38. The van der Waals surface area contributed by atoms with Gasteiger partial charge in [-0.3, -0.25) is 0 Å². The minimum Gasteiger partial charge on any atom is -0.495 e. The normalized spacial score (nSPS) is 19.6. The van der Waals surface area contributed by atoms with E-state index in [1.54, 1.807) is 37.7 Å². The molecule has 5 rings (SSSR count). The zero-order chi connectivity index (χ0) is 28.3. The highest BCUT2D eigenvalue weighted by atomic mass is 32.2.